The highest BCUT2D eigenvalue weighted by atomic mass is 35.5. The zero-order valence-electron chi connectivity index (χ0n) is 19.6. The van der Waals surface area contributed by atoms with Gasteiger partial charge >= 0.3 is 11.9 Å². The van der Waals surface area contributed by atoms with Crippen LogP contribution < -0.4 is 24.9 Å². The number of carboxylic acid groups (broad SMARTS) is 1. The van der Waals surface area contributed by atoms with Crippen LogP contribution in [0.1, 0.15) is 35.8 Å². The van der Waals surface area contributed by atoms with Crippen molar-refractivity contribution in [1.29, 1.82) is 0 Å². The molecule has 186 valence electrons. The predicted molar refractivity (Wildman–Crippen MR) is 136 cm³/mol. The first-order chi connectivity index (χ1) is 17.2. The Morgan fingerprint density at radius 2 is 2.06 bits per heavy atom. The molecule has 1 aliphatic rings. The number of carbonyl (C=O) groups excluding carboxylic acids is 1. The number of carboxylic acids is 1. The topological polar surface area (TPSA) is 119 Å². The molecule has 9 nitrogen and oxygen atoms in total. The number of aromatic nitrogens is 1. The standard InChI is InChI=1S/C25H22ClN3O6S/c1-4-35-24(33)20-13(2)28-25-29(21(20)14-6-5-7-16(10-14)34-3)22(30)19(36-25)12-27-18-11-15(23(31)32)8-9-17(18)26/h5-12,21,27H,4H2,1-3H3,(H,31,32)/b19-12-/t21-/m1/s1. The number of aromatic carboxylic acids is 1. The molecule has 2 heterocycles. The lowest BCUT2D eigenvalue weighted by molar-refractivity contribution is -0.139. The molecule has 1 aromatic heterocycles. The monoisotopic (exact) mass is 527 g/mol. The van der Waals surface area contributed by atoms with E-state index in [0.29, 0.717) is 32.5 Å². The molecule has 1 atom stereocenters. The summed E-state index contributed by atoms with van der Waals surface area (Å²) < 4.78 is 12.4. The first-order valence-electron chi connectivity index (χ1n) is 10.9. The predicted octanol–water partition coefficient (Wildman–Crippen LogP) is 3.18. The average Bonchev–Trinajstić information content (AvgIpc) is 3.17. The number of nitrogens with one attached hydrogen (secondary N) is 1. The van der Waals surface area contributed by atoms with Crippen LogP contribution in [0.3, 0.4) is 0 Å². The number of rotatable bonds is 7. The Kier molecular flexibility index (Phi) is 7.27. The number of methoxy groups -OCH3 is 1. The summed E-state index contributed by atoms with van der Waals surface area (Å²) in [5, 5.41) is 12.5. The number of hydrogen-bond acceptors (Lipinski definition) is 8. The molecule has 0 aliphatic carbocycles. The fourth-order valence-electron chi connectivity index (χ4n) is 3.83. The van der Waals surface area contributed by atoms with Gasteiger partial charge in [0.2, 0.25) is 0 Å². The number of esters is 1. The highest BCUT2D eigenvalue weighted by Crippen LogP contribution is 2.32. The number of nitrogens with zero attached hydrogens (tertiary/aromatic N) is 2. The van der Waals surface area contributed by atoms with Crippen molar-refractivity contribution in [3.63, 3.8) is 0 Å². The molecular weight excluding hydrogens is 506 g/mol. The largest absolute Gasteiger partial charge is 0.497 e. The normalized spacial score (nSPS) is 15.2. The van der Waals surface area contributed by atoms with Gasteiger partial charge in [-0.05, 0) is 49.7 Å². The van der Waals surface area contributed by atoms with E-state index in [1.807, 2.05) is 0 Å². The maximum absolute atomic E-state index is 13.6. The maximum atomic E-state index is 13.6. The third kappa shape index (κ3) is 4.77. The number of thiazole rings is 1. The Hall–Kier alpha value is -3.89. The summed E-state index contributed by atoms with van der Waals surface area (Å²) in [5.74, 6) is -1.09. The minimum atomic E-state index is -1.10. The van der Waals surface area contributed by atoms with Crippen LogP contribution in [-0.2, 0) is 9.53 Å². The molecule has 36 heavy (non-hydrogen) atoms. The molecule has 0 radical (unpaired) electrons. The van der Waals surface area contributed by atoms with Crippen LogP contribution in [0.25, 0.3) is 6.20 Å². The van der Waals surface area contributed by atoms with Gasteiger partial charge in [-0.25, -0.2) is 14.6 Å². The second kappa shape index (κ2) is 10.4. The average molecular weight is 528 g/mol. The SMILES string of the molecule is CCOC(=O)C1=C(C)N=c2s/c(=C\Nc3cc(C(=O)O)ccc3Cl)c(=O)n2[C@@H]1c1cccc(OC)c1. The van der Waals surface area contributed by atoms with Gasteiger partial charge in [0.05, 0.1) is 47.3 Å². The third-order valence-electron chi connectivity index (χ3n) is 5.50. The van der Waals surface area contributed by atoms with E-state index in [1.165, 1.54) is 36.1 Å². The minimum Gasteiger partial charge on any atom is -0.497 e. The summed E-state index contributed by atoms with van der Waals surface area (Å²) in [6, 6.07) is 10.6. The zero-order chi connectivity index (χ0) is 26.0. The van der Waals surface area contributed by atoms with Crippen LogP contribution in [0.5, 0.6) is 5.75 Å². The van der Waals surface area contributed by atoms with Gasteiger partial charge in [0.15, 0.2) is 4.80 Å². The summed E-state index contributed by atoms with van der Waals surface area (Å²) in [6.45, 7) is 3.58. The van der Waals surface area contributed by atoms with E-state index < -0.39 is 18.0 Å². The van der Waals surface area contributed by atoms with E-state index in [-0.39, 0.29) is 27.8 Å². The van der Waals surface area contributed by atoms with Gasteiger partial charge in [0, 0.05) is 6.20 Å². The van der Waals surface area contributed by atoms with E-state index in [2.05, 4.69) is 10.3 Å². The van der Waals surface area contributed by atoms with E-state index in [9.17, 15) is 19.5 Å². The molecule has 1 aliphatic heterocycles. The van der Waals surface area contributed by atoms with Gasteiger partial charge in [-0.3, -0.25) is 9.36 Å². The number of benzene rings is 2. The molecule has 3 aromatic rings. The molecule has 0 amide bonds. The molecular formula is C25H22ClN3O6S. The summed E-state index contributed by atoms with van der Waals surface area (Å²) >= 11 is 7.32. The Balaban J connectivity index is 1.87. The third-order valence-corrected chi connectivity index (χ3v) is 6.81. The Labute approximate surface area is 214 Å². The molecule has 0 bridgehead atoms. The molecule has 2 aromatic carbocycles. The van der Waals surface area contributed by atoms with Crippen LogP contribution in [0, 0.1) is 0 Å². The lowest BCUT2D eigenvalue weighted by Gasteiger charge is -2.24. The van der Waals surface area contributed by atoms with Crippen molar-refractivity contribution in [2.24, 2.45) is 4.99 Å². The van der Waals surface area contributed by atoms with Crippen molar-refractivity contribution in [1.82, 2.24) is 4.57 Å². The van der Waals surface area contributed by atoms with Crippen molar-refractivity contribution in [2.75, 3.05) is 19.0 Å². The summed E-state index contributed by atoms with van der Waals surface area (Å²) in [7, 11) is 1.54. The number of fused-ring (bicyclic) bond motifs is 1. The molecule has 11 heteroatoms. The number of hydrogen-bond donors (Lipinski definition) is 2. The first-order valence-corrected chi connectivity index (χ1v) is 12.1. The van der Waals surface area contributed by atoms with Crippen LogP contribution in [0.4, 0.5) is 5.69 Å². The van der Waals surface area contributed by atoms with Crippen molar-refractivity contribution in [3.05, 3.63) is 89.6 Å². The van der Waals surface area contributed by atoms with Crippen molar-refractivity contribution in [3.8, 4) is 5.75 Å². The summed E-state index contributed by atoms with van der Waals surface area (Å²) in [4.78, 5) is 42.7. The molecule has 0 saturated heterocycles. The fraction of sp³-hybridized carbons (Fsp3) is 0.200. The second-order valence-electron chi connectivity index (χ2n) is 7.72. The van der Waals surface area contributed by atoms with Gasteiger partial charge in [-0.2, -0.15) is 0 Å². The number of anilines is 1. The van der Waals surface area contributed by atoms with E-state index in [1.54, 1.807) is 38.1 Å². The van der Waals surface area contributed by atoms with Gasteiger partial charge in [0.25, 0.3) is 5.56 Å². The number of halogens is 1. The number of carbonyl (C=O) groups is 2. The summed E-state index contributed by atoms with van der Waals surface area (Å²) in [6.07, 6.45) is 1.45. The maximum Gasteiger partial charge on any atom is 0.338 e. The van der Waals surface area contributed by atoms with Gasteiger partial charge in [0.1, 0.15) is 10.3 Å². The van der Waals surface area contributed by atoms with E-state index in [0.717, 1.165) is 11.3 Å². The van der Waals surface area contributed by atoms with Gasteiger partial charge in [-0.15, -0.1) is 0 Å². The van der Waals surface area contributed by atoms with Crippen LogP contribution >= 0.6 is 22.9 Å². The van der Waals surface area contributed by atoms with Crippen LogP contribution in [0.2, 0.25) is 5.02 Å². The lowest BCUT2D eigenvalue weighted by atomic mass is 9.95. The molecule has 2 N–H and O–H groups in total. The van der Waals surface area contributed by atoms with Crippen LogP contribution in [-0.4, -0.2) is 35.3 Å². The smallest absolute Gasteiger partial charge is 0.338 e. The molecule has 4 rings (SSSR count). The van der Waals surface area contributed by atoms with Gasteiger partial charge in [-0.1, -0.05) is 35.1 Å². The minimum absolute atomic E-state index is 0.0458. The molecule has 0 unspecified atom stereocenters. The number of ether oxygens (including phenoxy) is 2. The Morgan fingerprint density at radius 1 is 1.28 bits per heavy atom. The van der Waals surface area contributed by atoms with E-state index >= 15 is 0 Å². The number of allylic oxidation sites excluding steroid dienone is 1. The van der Waals surface area contributed by atoms with Crippen molar-refractivity contribution >= 4 is 46.8 Å². The van der Waals surface area contributed by atoms with Gasteiger partial charge < -0.3 is 19.9 Å². The van der Waals surface area contributed by atoms with Crippen molar-refractivity contribution in [2.45, 2.75) is 19.9 Å². The van der Waals surface area contributed by atoms with E-state index in [4.69, 9.17) is 21.1 Å². The highest BCUT2D eigenvalue weighted by Gasteiger charge is 2.33. The zero-order valence-corrected chi connectivity index (χ0v) is 21.1. The Morgan fingerprint density at radius 3 is 2.75 bits per heavy atom. The summed E-state index contributed by atoms with van der Waals surface area (Å²) in [5.41, 5.74) is 1.34. The molecule has 0 fully saturated rings. The lowest BCUT2D eigenvalue weighted by Crippen LogP contribution is -2.40. The molecule has 0 saturated carbocycles. The fourth-order valence-corrected chi connectivity index (χ4v) is 4.97. The quantitative estimate of drug-likeness (QED) is 0.453. The first kappa shape index (κ1) is 25.2. The van der Waals surface area contributed by atoms with Crippen molar-refractivity contribution < 1.29 is 24.2 Å². The Bertz CT molecular complexity index is 1570. The second-order valence-corrected chi connectivity index (χ2v) is 9.14. The van der Waals surface area contributed by atoms with Crippen LogP contribution in [0.15, 0.2) is 63.5 Å². The molecule has 0 spiro atoms. The highest BCUT2D eigenvalue weighted by molar-refractivity contribution is 7.07.